The number of hydrogen-bond donors (Lipinski definition) is 2. The van der Waals surface area contributed by atoms with Crippen molar-refractivity contribution < 1.29 is 4.79 Å². The maximum absolute atomic E-state index is 12.1. The van der Waals surface area contributed by atoms with E-state index in [9.17, 15) is 4.79 Å². The van der Waals surface area contributed by atoms with Gasteiger partial charge in [-0.1, -0.05) is 6.42 Å². The number of hydrazine groups is 1. The lowest BCUT2D eigenvalue weighted by Crippen LogP contribution is -2.54. The summed E-state index contributed by atoms with van der Waals surface area (Å²) < 4.78 is 0. The van der Waals surface area contributed by atoms with Gasteiger partial charge in [0.2, 0.25) is 0 Å². The molecule has 1 saturated heterocycles. The Labute approximate surface area is 107 Å². The molecule has 1 aromatic rings. The number of piperidine rings is 1. The molecule has 1 fully saturated rings. The van der Waals surface area contributed by atoms with Crippen LogP contribution in [-0.2, 0) is 0 Å². The van der Waals surface area contributed by atoms with Crippen molar-refractivity contribution in [3.63, 3.8) is 0 Å². The van der Waals surface area contributed by atoms with Gasteiger partial charge in [0, 0.05) is 23.8 Å². The zero-order chi connectivity index (χ0) is 13.1. The largest absolute Gasteiger partial charge is 0.384 e. The fraction of sp³-hybridized carbons (Fsp3) is 0.538. The van der Waals surface area contributed by atoms with Gasteiger partial charge in [0.15, 0.2) is 0 Å². The topological polar surface area (TPSA) is 71.2 Å². The number of carbonyl (C=O) groups excluding carboxylic acids is 1. The summed E-state index contributed by atoms with van der Waals surface area (Å²) in [6.07, 6.45) is 5.00. The monoisotopic (exact) mass is 248 g/mol. The quantitative estimate of drug-likeness (QED) is 0.833. The highest BCUT2D eigenvalue weighted by Crippen LogP contribution is 2.20. The van der Waals surface area contributed by atoms with Gasteiger partial charge in [-0.25, -0.2) is 9.99 Å². The van der Waals surface area contributed by atoms with Gasteiger partial charge < -0.3 is 5.73 Å². The fourth-order valence-corrected chi connectivity index (χ4v) is 2.41. The van der Waals surface area contributed by atoms with Gasteiger partial charge in [-0.3, -0.25) is 10.2 Å². The van der Waals surface area contributed by atoms with Crippen LogP contribution < -0.4 is 11.2 Å². The van der Waals surface area contributed by atoms with Gasteiger partial charge in [-0.05, 0) is 38.8 Å². The number of hydrogen-bond acceptors (Lipinski definition) is 4. The molecule has 0 bridgehead atoms. The highest BCUT2D eigenvalue weighted by molar-refractivity contribution is 5.94. The molecule has 5 heteroatoms. The number of nitrogens with zero attached hydrogens (tertiary/aromatic N) is 2. The van der Waals surface area contributed by atoms with E-state index in [0.717, 1.165) is 12.8 Å². The predicted octanol–water partition coefficient (Wildman–Crippen LogP) is 1.57. The fourth-order valence-electron chi connectivity index (χ4n) is 2.41. The summed E-state index contributed by atoms with van der Waals surface area (Å²) in [4.78, 5) is 16.0. The molecule has 1 aliphatic rings. The molecule has 2 unspecified atom stereocenters. The van der Waals surface area contributed by atoms with Gasteiger partial charge in [0.05, 0.1) is 0 Å². The van der Waals surface area contributed by atoms with E-state index >= 15 is 0 Å². The molecular weight excluding hydrogens is 228 g/mol. The number of pyridine rings is 1. The zero-order valence-corrected chi connectivity index (χ0v) is 10.9. The van der Waals surface area contributed by atoms with Crippen LogP contribution in [0, 0.1) is 0 Å². The van der Waals surface area contributed by atoms with E-state index in [4.69, 9.17) is 5.73 Å². The van der Waals surface area contributed by atoms with Crippen molar-refractivity contribution in [3.8, 4) is 0 Å². The molecule has 0 aromatic carbocycles. The number of nitrogen functional groups attached to an aromatic ring is 1. The second-order valence-corrected chi connectivity index (χ2v) is 4.95. The van der Waals surface area contributed by atoms with Crippen LogP contribution in [0.5, 0.6) is 0 Å². The molecule has 18 heavy (non-hydrogen) atoms. The van der Waals surface area contributed by atoms with Crippen molar-refractivity contribution in [3.05, 3.63) is 23.9 Å². The minimum atomic E-state index is -0.121. The Morgan fingerprint density at radius 2 is 2.11 bits per heavy atom. The van der Waals surface area contributed by atoms with Crippen LogP contribution in [0.4, 0.5) is 5.82 Å². The second-order valence-electron chi connectivity index (χ2n) is 4.95. The number of anilines is 1. The summed E-state index contributed by atoms with van der Waals surface area (Å²) in [6, 6.07) is 4.01. The summed E-state index contributed by atoms with van der Waals surface area (Å²) in [5.74, 6) is 0.243. The molecule has 2 atom stereocenters. The lowest BCUT2D eigenvalue weighted by Gasteiger charge is -2.38. The molecule has 0 saturated carbocycles. The van der Waals surface area contributed by atoms with Crippen molar-refractivity contribution in [2.45, 2.75) is 45.2 Å². The van der Waals surface area contributed by atoms with E-state index in [1.54, 1.807) is 18.3 Å². The van der Waals surface area contributed by atoms with E-state index in [-0.39, 0.29) is 5.91 Å². The van der Waals surface area contributed by atoms with Crippen LogP contribution in [0.25, 0.3) is 0 Å². The molecule has 1 aliphatic heterocycles. The summed E-state index contributed by atoms with van der Waals surface area (Å²) >= 11 is 0. The highest BCUT2D eigenvalue weighted by atomic mass is 16.2. The molecule has 5 nitrogen and oxygen atoms in total. The maximum Gasteiger partial charge on any atom is 0.265 e. The smallest absolute Gasteiger partial charge is 0.265 e. The van der Waals surface area contributed by atoms with E-state index in [0.29, 0.717) is 23.5 Å². The minimum absolute atomic E-state index is 0.121. The van der Waals surface area contributed by atoms with Crippen LogP contribution in [0.2, 0.25) is 0 Å². The highest BCUT2D eigenvalue weighted by Gasteiger charge is 2.26. The Morgan fingerprint density at radius 3 is 2.72 bits per heavy atom. The molecule has 0 aliphatic carbocycles. The van der Waals surface area contributed by atoms with Crippen molar-refractivity contribution in [1.29, 1.82) is 0 Å². The first kappa shape index (κ1) is 12.8. The Bertz CT molecular complexity index is 425. The second kappa shape index (κ2) is 5.35. The minimum Gasteiger partial charge on any atom is -0.384 e. The third kappa shape index (κ3) is 2.79. The average Bonchev–Trinajstić information content (AvgIpc) is 2.34. The Morgan fingerprint density at radius 1 is 1.44 bits per heavy atom. The molecular formula is C13H20N4O. The number of rotatable bonds is 2. The Balaban J connectivity index is 2.06. The van der Waals surface area contributed by atoms with E-state index in [1.807, 2.05) is 5.01 Å². The van der Waals surface area contributed by atoms with E-state index in [1.165, 1.54) is 6.42 Å². The molecule has 0 spiro atoms. The van der Waals surface area contributed by atoms with Crippen molar-refractivity contribution >= 4 is 11.7 Å². The number of nitrogens with two attached hydrogens (primary N) is 1. The first-order valence-corrected chi connectivity index (χ1v) is 6.39. The van der Waals surface area contributed by atoms with Gasteiger partial charge in [-0.2, -0.15) is 0 Å². The molecule has 2 rings (SSSR count). The van der Waals surface area contributed by atoms with E-state index < -0.39 is 0 Å². The normalized spacial score (nSPS) is 24.8. The van der Waals surface area contributed by atoms with Gasteiger partial charge in [-0.15, -0.1) is 0 Å². The van der Waals surface area contributed by atoms with Crippen molar-refractivity contribution in [2.75, 3.05) is 5.73 Å². The molecule has 3 N–H and O–H groups in total. The third-order valence-electron chi connectivity index (χ3n) is 3.47. The van der Waals surface area contributed by atoms with E-state index in [2.05, 4.69) is 24.3 Å². The lowest BCUT2D eigenvalue weighted by molar-refractivity contribution is 0.0370. The molecule has 0 radical (unpaired) electrons. The third-order valence-corrected chi connectivity index (χ3v) is 3.47. The predicted molar refractivity (Wildman–Crippen MR) is 70.7 cm³/mol. The average molecular weight is 248 g/mol. The summed E-state index contributed by atoms with van der Waals surface area (Å²) in [7, 11) is 0. The van der Waals surface area contributed by atoms with Crippen LogP contribution in [0.1, 0.15) is 43.5 Å². The lowest BCUT2D eigenvalue weighted by atomic mass is 10.00. The van der Waals surface area contributed by atoms with Crippen molar-refractivity contribution in [1.82, 2.24) is 15.4 Å². The standard InChI is InChI=1S/C13H20N4O/c1-9-4-3-5-10(2)17(9)16-13(18)11-6-7-15-12(14)8-11/h6-10H,3-5H2,1-2H3,(H2,14,15)(H,16,18). The van der Waals surface area contributed by atoms with Gasteiger partial charge in [0.1, 0.15) is 5.82 Å². The maximum atomic E-state index is 12.1. The number of carbonyl (C=O) groups is 1. The Kier molecular flexibility index (Phi) is 3.81. The zero-order valence-electron chi connectivity index (χ0n) is 10.9. The number of nitrogens with one attached hydrogen (secondary N) is 1. The first-order chi connectivity index (χ1) is 8.58. The Hall–Kier alpha value is -1.62. The molecule has 98 valence electrons. The summed E-state index contributed by atoms with van der Waals surface area (Å²) in [6.45, 7) is 4.27. The molecule has 1 aromatic heterocycles. The van der Waals surface area contributed by atoms with Gasteiger partial charge in [0.25, 0.3) is 5.91 Å². The van der Waals surface area contributed by atoms with Crippen LogP contribution in [-0.4, -0.2) is 28.0 Å². The summed E-state index contributed by atoms with van der Waals surface area (Å²) in [5.41, 5.74) is 9.10. The SMILES string of the molecule is CC1CCCC(C)N1NC(=O)c1ccnc(N)c1. The number of aromatic nitrogens is 1. The van der Waals surface area contributed by atoms with Crippen LogP contribution in [0.3, 0.4) is 0 Å². The number of amides is 1. The molecule has 2 heterocycles. The molecule has 1 amide bonds. The van der Waals surface area contributed by atoms with Crippen molar-refractivity contribution in [2.24, 2.45) is 0 Å². The summed E-state index contributed by atoms with van der Waals surface area (Å²) in [5, 5.41) is 2.04. The van der Waals surface area contributed by atoms with Crippen LogP contribution >= 0.6 is 0 Å². The first-order valence-electron chi connectivity index (χ1n) is 6.39. The van der Waals surface area contributed by atoms with Crippen LogP contribution in [0.15, 0.2) is 18.3 Å². The van der Waals surface area contributed by atoms with Gasteiger partial charge >= 0.3 is 0 Å².